The van der Waals surface area contributed by atoms with Gasteiger partial charge in [-0.2, -0.15) is 15.0 Å². The van der Waals surface area contributed by atoms with E-state index in [4.69, 9.17) is 33.6 Å². The van der Waals surface area contributed by atoms with Gasteiger partial charge in [-0.1, -0.05) is 20.8 Å². The zero-order valence-electron chi connectivity index (χ0n) is 23.9. The van der Waals surface area contributed by atoms with Crippen molar-refractivity contribution in [2.45, 2.75) is 45.3 Å². The fraction of sp³-hybridized carbons (Fsp3) is 0.615. The van der Waals surface area contributed by atoms with Crippen LogP contribution in [-0.4, -0.2) is 92.5 Å². The number of morpholine rings is 2. The van der Waals surface area contributed by atoms with Gasteiger partial charge in [0.2, 0.25) is 17.8 Å². The van der Waals surface area contributed by atoms with Gasteiger partial charge < -0.3 is 28.4 Å². The number of benzene rings is 1. The zero-order chi connectivity index (χ0) is 28.7. The van der Waals surface area contributed by atoms with Gasteiger partial charge in [0.25, 0.3) is 14.7 Å². The highest BCUT2D eigenvalue weighted by molar-refractivity contribution is 6.74. The normalized spacial score (nSPS) is 17.1. The van der Waals surface area contributed by atoms with Gasteiger partial charge in [-0.3, -0.25) is 4.57 Å². The highest BCUT2D eigenvalue weighted by atomic mass is 28.4. The Bertz CT molecular complexity index is 1320. The van der Waals surface area contributed by atoms with Crippen molar-refractivity contribution in [3.63, 3.8) is 0 Å². The molecule has 4 heterocycles. The lowest BCUT2D eigenvalue weighted by atomic mass is 10.2. The number of aromatic nitrogens is 5. The molecule has 2 fully saturated rings. The number of nitrogens with zero attached hydrogens (tertiary/aromatic N) is 7. The Morgan fingerprint density at radius 3 is 1.85 bits per heavy atom. The summed E-state index contributed by atoms with van der Waals surface area (Å²) in [4.78, 5) is 22.5. The first-order valence-corrected chi connectivity index (χ1v) is 16.4. The van der Waals surface area contributed by atoms with Crippen molar-refractivity contribution in [2.24, 2.45) is 0 Å². The van der Waals surface area contributed by atoms with E-state index >= 15 is 0 Å². The van der Waals surface area contributed by atoms with Gasteiger partial charge in [0.05, 0.1) is 39.1 Å². The van der Waals surface area contributed by atoms with Gasteiger partial charge in [0.1, 0.15) is 5.52 Å². The first-order valence-electron chi connectivity index (χ1n) is 13.5. The first-order chi connectivity index (χ1) is 19.0. The number of ether oxygens (including phenoxy) is 3. The molecular formula is C26H37F2N7O4Si. The van der Waals surface area contributed by atoms with Crippen molar-refractivity contribution in [1.82, 2.24) is 24.5 Å². The number of imidazole rings is 1. The molecule has 5 rings (SSSR count). The molecule has 0 spiro atoms. The highest BCUT2D eigenvalue weighted by Gasteiger charge is 2.40. The fourth-order valence-electron chi connectivity index (χ4n) is 4.40. The minimum Gasteiger partial charge on any atom is -0.540 e. The Labute approximate surface area is 233 Å². The zero-order valence-corrected chi connectivity index (χ0v) is 24.9. The second kappa shape index (κ2) is 11.1. The summed E-state index contributed by atoms with van der Waals surface area (Å²) in [7, 11) is -0.856. The molecule has 0 bridgehead atoms. The van der Waals surface area contributed by atoms with Gasteiger partial charge in [-0.15, -0.1) is 0 Å². The topological polar surface area (TPSA) is 99.9 Å². The van der Waals surface area contributed by atoms with E-state index in [1.165, 1.54) is 11.7 Å². The number of methoxy groups -OCH3 is 1. The number of alkyl halides is 2. The molecule has 40 heavy (non-hydrogen) atoms. The molecule has 2 aromatic heterocycles. The van der Waals surface area contributed by atoms with E-state index in [-0.39, 0.29) is 16.5 Å². The van der Waals surface area contributed by atoms with Gasteiger partial charge in [0, 0.05) is 26.2 Å². The van der Waals surface area contributed by atoms with Crippen LogP contribution in [0.5, 0.6) is 11.5 Å². The third-order valence-electron chi connectivity index (χ3n) is 7.74. The summed E-state index contributed by atoms with van der Waals surface area (Å²) >= 11 is 0. The number of hydrogen-bond acceptors (Lipinski definition) is 10. The molecule has 2 aliphatic heterocycles. The summed E-state index contributed by atoms with van der Waals surface area (Å²) in [5, 5.41) is -0.136. The van der Waals surface area contributed by atoms with E-state index in [1.54, 1.807) is 12.1 Å². The minimum atomic E-state index is -2.89. The number of anilines is 2. The largest absolute Gasteiger partial charge is 0.540 e. The smallest absolute Gasteiger partial charge is 0.296 e. The molecule has 218 valence electrons. The Hall–Kier alpha value is -3.10. The number of fused-ring (bicyclic) bond motifs is 1. The van der Waals surface area contributed by atoms with Crippen molar-refractivity contribution in [2.75, 3.05) is 69.5 Å². The lowest BCUT2D eigenvalue weighted by Gasteiger charge is -2.36. The molecule has 0 saturated carbocycles. The molecule has 11 nitrogen and oxygen atoms in total. The van der Waals surface area contributed by atoms with E-state index in [0.717, 1.165) is 0 Å². The van der Waals surface area contributed by atoms with Crippen LogP contribution < -0.4 is 19.0 Å². The Morgan fingerprint density at radius 1 is 0.850 bits per heavy atom. The molecule has 3 aromatic rings. The van der Waals surface area contributed by atoms with Crippen LogP contribution in [-0.2, 0) is 9.47 Å². The molecule has 14 heteroatoms. The monoisotopic (exact) mass is 577 g/mol. The van der Waals surface area contributed by atoms with Crippen molar-refractivity contribution >= 4 is 31.2 Å². The molecule has 0 aliphatic carbocycles. The summed E-state index contributed by atoms with van der Waals surface area (Å²) in [6, 6.07) is 3.41. The summed E-state index contributed by atoms with van der Waals surface area (Å²) in [5.41, 5.74) is 0.678. The Kier molecular flexibility index (Phi) is 7.85. The maximum absolute atomic E-state index is 14.6. The first kappa shape index (κ1) is 28.4. The van der Waals surface area contributed by atoms with Crippen molar-refractivity contribution in [1.29, 1.82) is 0 Å². The van der Waals surface area contributed by atoms with Crippen LogP contribution in [0, 0.1) is 0 Å². The molecule has 0 atom stereocenters. The molecule has 1 aromatic carbocycles. The van der Waals surface area contributed by atoms with E-state index in [9.17, 15) is 8.78 Å². The summed E-state index contributed by atoms with van der Waals surface area (Å²) in [5.74, 6) is 1.19. The van der Waals surface area contributed by atoms with Crippen LogP contribution in [0.2, 0.25) is 18.1 Å². The van der Waals surface area contributed by atoms with Crippen LogP contribution in [0.3, 0.4) is 0 Å². The van der Waals surface area contributed by atoms with E-state index < -0.39 is 20.6 Å². The minimum absolute atomic E-state index is 0.0687. The number of halogens is 2. The lowest BCUT2D eigenvalue weighted by Crippen LogP contribution is -2.44. The molecule has 0 unspecified atom stereocenters. The number of hydrogen-bond donors (Lipinski definition) is 0. The predicted octanol–water partition coefficient (Wildman–Crippen LogP) is 4.21. The Morgan fingerprint density at radius 2 is 1.38 bits per heavy atom. The predicted molar refractivity (Wildman–Crippen MR) is 150 cm³/mol. The molecule has 0 amide bonds. The fourth-order valence-corrected chi connectivity index (χ4v) is 5.41. The highest BCUT2D eigenvalue weighted by Crippen LogP contribution is 2.44. The van der Waals surface area contributed by atoms with Crippen molar-refractivity contribution < 1.29 is 27.4 Å². The van der Waals surface area contributed by atoms with Gasteiger partial charge >= 0.3 is 0 Å². The SMILES string of the molecule is COc1ccc2c(nc(C(F)F)n2-c2nc(N3CCOCC3)nc(N3CCOCC3)n2)c1O[Si](C)(C)C(C)(C)C. The second-order valence-electron chi connectivity index (χ2n) is 11.4. The molecule has 2 saturated heterocycles. The quantitative estimate of drug-likeness (QED) is 0.380. The van der Waals surface area contributed by atoms with Crippen molar-refractivity contribution in [3.05, 3.63) is 18.0 Å². The van der Waals surface area contributed by atoms with Crippen molar-refractivity contribution in [3.8, 4) is 17.4 Å². The average Bonchev–Trinajstić information content (AvgIpc) is 3.34. The third kappa shape index (κ3) is 5.43. The van der Waals surface area contributed by atoms with E-state index in [1.807, 2.05) is 9.80 Å². The van der Waals surface area contributed by atoms with Crippen LogP contribution in [0.15, 0.2) is 12.1 Å². The maximum Gasteiger partial charge on any atom is 0.296 e. The summed E-state index contributed by atoms with van der Waals surface area (Å²) in [6.07, 6.45) is -2.89. The molecule has 0 N–H and O–H groups in total. The molecule has 0 radical (unpaired) electrons. The lowest BCUT2D eigenvalue weighted by molar-refractivity contribution is 0.121. The average molecular weight is 578 g/mol. The van der Waals surface area contributed by atoms with E-state index in [2.05, 4.69) is 38.8 Å². The van der Waals surface area contributed by atoms with Gasteiger partial charge in [-0.25, -0.2) is 13.8 Å². The summed E-state index contributed by atoms with van der Waals surface area (Å²) < 4.78 is 53.8. The molecule has 2 aliphatic rings. The Balaban J connectivity index is 1.71. The maximum atomic E-state index is 14.6. The van der Waals surface area contributed by atoms with Crippen LogP contribution in [0.1, 0.15) is 33.0 Å². The molecular weight excluding hydrogens is 540 g/mol. The summed E-state index contributed by atoms with van der Waals surface area (Å²) in [6.45, 7) is 14.9. The van der Waals surface area contributed by atoms with Crippen LogP contribution >= 0.6 is 0 Å². The van der Waals surface area contributed by atoms with Crippen LogP contribution in [0.25, 0.3) is 17.0 Å². The standard InChI is InChI=1S/C26H37F2N7O4Si/c1-26(2,3)40(5,6)39-20-18(36-4)8-7-17-19(20)29-22(21(27)28)35(17)25-31-23(33-9-13-37-14-10-33)30-24(32-25)34-11-15-38-16-12-34/h7-8,21H,9-16H2,1-6H3. The van der Waals surface area contributed by atoms with E-state index in [0.29, 0.717) is 81.5 Å². The second-order valence-corrected chi connectivity index (χ2v) is 16.1. The number of rotatable bonds is 7. The van der Waals surface area contributed by atoms with Gasteiger partial charge in [0.15, 0.2) is 17.3 Å². The third-order valence-corrected chi connectivity index (χ3v) is 12.1. The van der Waals surface area contributed by atoms with Gasteiger partial charge in [-0.05, 0) is 30.3 Å². The van der Waals surface area contributed by atoms with Crippen LogP contribution in [0.4, 0.5) is 20.7 Å².